The number of hydrogen-bond donors (Lipinski definition) is 1. The molecule has 8 nitrogen and oxygen atoms in total. The zero-order valence-corrected chi connectivity index (χ0v) is 14.4. The summed E-state index contributed by atoms with van der Waals surface area (Å²) in [4.78, 5) is 23.4. The number of anilines is 2. The van der Waals surface area contributed by atoms with Crippen molar-refractivity contribution in [3.8, 4) is 6.07 Å². The second kappa shape index (κ2) is 7.14. The van der Waals surface area contributed by atoms with Crippen molar-refractivity contribution in [1.29, 1.82) is 5.26 Å². The molecule has 4 heterocycles. The molecule has 0 bridgehead atoms. The van der Waals surface area contributed by atoms with Crippen LogP contribution < -0.4 is 10.2 Å². The fourth-order valence-corrected chi connectivity index (χ4v) is 3.44. The van der Waals surface area contributed by atoms with E-state index in [9.17, 15) is 4.79 Å². The molecule has 0 spiro atoms. The SMILES string of the molecule is N#Cc1ccc(N2CCC(C(=O)Nc3cnc4n3CCOC4)CC2)nc1. The second-order valence-corrected chi connectivity index (χ2v) is 6.53. The highest BCUT2D eigenvalue weighted by molar-refractivity contribution is 5.92. The Morgan fingerprint density at radius 2 is 2.08 bits per heavy atom. The Balaban J connectivity index is 1.35. The quantitative estimate of drug-likeness (QED) is 0.900. The average Bonchev–Trinajstić information content (AvgIpc) is 3.11. The van der Waals surface area contributed by atoms with Crippen molar-refractivity contribution in [3.63, 3.8) is 0 Å². The van der Waals surface area contributed by atoms with E-state index in [1.54, 1.807) is 18.5 Å². The van der Waals surface area contributed by atoms with Crippen molar-refractivity contribution in [2.75, 3.05) is 29.9 Å². The third-order valence-corrected chi connectivity index (χ3v) is 4.95. The lowest BCUT2D eigenvalue weighted by Crippen LogP contribution is -2.38. The molecule has 0 radical (unpaired) electrons. The Kier molecular flexibility index (Phi) is 4.54. The number of carbonyl (C=O) groups excluding carboxylic acids is 1. The van der Waals surface area contributed by atoms with Gasteiger partial charge in [0.25, 0.3) is 0 Å². The minimum atomic E-state index is -0.0179. The van der Waals surface area contributed by atoms with Gasteiger partial charge in [0.15, 0.2) is 0 Å². The zero-order chi connectivity index (χ0) is 17.9. The van der Waals surface area contributed by atoms with E-state index < -0.39 is 0 Å². The monoisotopic (exact) mass is 352 g/mol. The second-order valence-electron chi connectivity index (χ2n) is 6.53. The van der Waals surface area contributed by atoms with Gasteiger partial charge in [0.2, 0.25) is 5.91 Å². The molecule has 1 N–H and O–H groups in total. The minimum absolute atomic E-state index is 0.0179. The minimum Gasteiger partial charge on any atom is -0.372 e. The highest BCUT2D eigenvalue weighted by Gasteiger charge is 2.27. The lowest BCUT2D eigenvalue weighted by atomic mass is 9.96. The molecule has 134 valence electrons. The number of hydrogen-bond acceptors (Lipinski definition) is 6. The molecule has 4 rings (SSSR count). The molecule has 26 heavy (non-hydrogen) atoms. The van der Waals surface area contributed by atoms with Crippen molar-refractivity contribution in [1.82, 2.24) is 14.5 Å². The smallest absolute Gasteiger partial charge is 0.228 e. The van der Waals surface area contributed by atoms with Crippen LogP contribution in [0, 0.1) is 17.2 Å². The van der Waals surface area contributed by atoms with Crippen LogP contribution in [0.4, 0.5) is 11.6 Å². The number of amides is 1. The molecule has 0 saturated carbocycles. The normalized spacial score (nSPS) is 17.4. The number of piperidine rings is 1. The van der Waals surface area contributed by atoms with E-state index in [4.69, 9.17) is 10.00 Å². The molecule has 2 aliphatic heterocycles. The number of carbonyl (C=O) groups is 1. The third kappa shape index (κ3) is 3.26. The Bertz CT molecular complexity index is 830. The van der Waals surface area contributed by atoms with Crippen molar-refractivity contribution < 1.29 is 9.53 Å². The van der Waals surface area contributed by atoms with E-state index in [2.05, 4.69) is 26.3 Å². The van der Waals surface area contributed by atoms with Crippen LogP contribution in [0.15, 0.2) is 24.5 Å². The number of nitriles is 1. The number of aromatic nitrogens is 3. The molecule has 0 aromatic carbocycles. The first-order valence-corrected chi connectivity index (χ1v) is 8.78. The summed E-state index contributed by atoms with van der Waals surface area (Å²) in [6.45, 7) is 3.40. The van der Waals surface area contributed by atoms with Gasteiger partial charge in [-0.2, -0.15) is 5.26 Å². The lowest BCUT2D eigenvalue weighted by Gasteiger charge is -2.32. The number of fused-ring (bicyclic) bond motifs is 1. The fourth-order valence-electron chi connectivity index (χ4n) is 3.44. The Labute approximate surface area is 151 Å². The van der Waals surface area contributed by atoms with E-state index in [1.165, 1.54) is 0 Å². The molecular weight excluding hydrogens is 332 g/mol. The summed E-state index contributed by atoms with van der Waals surface area (Å²) in [5.74, 6) is 2.49. The Hall–Kier alpha value is -2.92. The van der Waals surface area contributed by atoms with Crippen LogP contribution in [-0.4, -0.2) is 40.1 Å². The summed E-state index contributed by atoms with van der Waals surface area (Å²) in [6.07, 6.45) is 4.84. The van der Waals surface area contributed by atoms with Crippen LogP contribution in [0.1, 0.15) is 24.2 Å². The van der Waals surface area contributed by atoms with Gasteiger partial charge in [-0.1, -0.05) is 0 Å². The fraction of sp³-hybridized carbons (Fsp3) is 0.444. The van der Waals surface area contributed by atoms with Crippen LogP contribution in [0.2, 0.25) is 0 Å². The molecule has 0 unspecified atom stereocenters. The number of imidazole rings is 1. The van der Waals surface area contributed by atoms with Gasteiger partial charge in [-0.25, -0.2) is 9.97 Å². The summed E-state index contributed by atoms with van der Waals surface area (Å²) in [5.41, 5.74) is 0.553. The van der Waals surface area contributed by atoms with Crippen LogP contribution in [0.3, 0.4) is 0 Å². The summed E-state index contributed by atoms with van der Waals surface area (Å²) >= 11 is 0. The van der Waals surface area contributed by atoms with Crippen LogP contribution >= 0.6 is 0 Å². The van der Waals surface area contributed by atoms with Crippen LogP contribution in [0.5, 0.6) is 0 Å². The molecule has 2 aromatic rings. The summed E-state index contributed by atoms with van der Waals surface area (Å²) < 4.78 is 7.38. The molecule has 0 atom stereocenters. The summed E-state index contributed by atoms with van der Waals surface area (Å²) in [5, 5.41) is 11.9. The first kappa shape index (κ1) is 16.5. The van der Waals surface area contributed by atoms with Gasteiger partial charge in [0, 0.05) is 31.7 Å². The summed E-state index contributed by atoms with van der Waals surface area (Å²) in [6, 6.07) is 5.70. The molecule has 1 saturated heterocycles. The first-order chi connectivity index (χ1) is 12.7. The van der Waals surface area contributed by atoms with Gasteiger partial charge < -0.3 is 19.5 Å². The van der Waals surface area contributed by atoms with Gasteiger partial charge in [-0.05, 0) is 25.0 Å². The highest BCUT2D eigenvalue weighted by atomic mass is 16.5. The van der Waals surface area contributed by atoms with E-state index >= 15 is 0 Å². The Morgan fingerprint density at radius 3 is 2.81 bits per heavy atom. The molecule has 1 amide bonds. The zero-order valence-electron chi connectivity index (χ0n) is 14.4. The largest absolute Gasteiger partial charge is 0.372 e. The van der Waals surface area contributed by atoms with Gasteiger partial charge in [0.05, 0.1) is 18.4 Å². The maximum absolute atomic E-state index is 12.6. The van der Waals surface area contributed by atoms with Crippen molar-refractivity contribution in [2.24, 2.45) is 5.92 Å². The molecule has 2 aliphatic rings. The summed E-state index contributed by atoms with van der Waals surface area (Å²) in [7, 11) is 0. The number of ether oxygens (including phenoxy) is 1. The van der Waals surface area contributed by atoms with Crippen molar-refractivity contribution >= 4 is 17.5 Å². The maximum Gasteiger partial charge on any atom is 0.228 e. The topological polar surface area (TPSA) is 96.1 Å². The highest BCUT2D eigenvalue weighted by Crippen LogP contribution is 2.24. The van der Waals surface area contributed by atoms with E-state index in [0.29, 0.717) is 25.3 Å². The molecule has 0 aliphatic carbocycles. The molecule has 1 fully saturated rings. The van der Waals surface area contributed by atoms with E-state index in [-0.39, 0.29) is 11.8 Å². The van der Waals surface area contributed by atoms with E-state index in [1.807, 2.05) is 10.6 Å². The maximum atomic E-state index is 12.6. The van der Waals surface area contributed by atoms with Gasteiger partial charge in [0.1, 0.15) is 30.1 Å². The lowest BCUT2D eigenvalue weighted by molar-refractivity contribution is -0.120. The Morgan fingerprint density at radius 1 is 1.23 bits per heavy atom. The molecule has 8 heteroatoms. The predicted octanol–water partition coefficient (Wildman–Crippen LogP) is 1.54. The van der Waals surface area contributed by atoms with Crippen molar-refractivity contribution in [2.45, 2.75) is 26.0 Å². The number of nitrogens with zero attached hydrogens (tertiary/aromatic N) is 5. The number of rotatable bonds is 3. The van der Waals surface area contributed by atoms with Gasteiger partial charge >= 0.3 is 0 Å². The third-order valence-electron chi connectivity index (χ3n) is 4.95. The van der Waals surface area contributed by atoms with Crippen molar-refractivity contribution in [3.05, 3.63) is 35.9 Å². The number of nitrogens with one attached hydrogen (secondary N) is 1. The average molecular weight is 352 g/mol. The van der Waals surface area contributed by atoms with Crippen LogP contribution in [0.25, 0.3) is 0 Å². The number of pyridine rings is 1. The predicted molar refractivity (Wildman–Crippen MR) is 94.4 cm³/mol. The first-order valence-electron chi connectivity index (χ1n) is 8.78. The van der Waals surface area contributed by atoms with Crippen LogP contribution in [-0.2, 0) is 22.7 Å². The molecule has 2 aromatic heterocycles. The van der Waals surface area contributed by atoms with Gasteiger partial charge in [-0.3, -0.25) is 4.79 Å². The molecular formula is C18H20N6O2. The van der Waals surface area contributed by atoms with E-state index in [0.717, 1.165) is 43.4 Å². The van der Waals surface area contributed by atoms with Gasteiger partial charge in [-0.15, -0.1) is 0 Å². The standard InChI is InChI=1S/C18H20N6O2/c19-9-13-1-2-15(20-10-13)23-5-3-14(4-6-23)18(25)22-16-11-21-17-12-26-8-7-24(16)17/h1-2,10-11,14H,3-8,12H2,(H,22,25).